The van der Waals surface area contributed by atoms with Gasteiger partial charge in [0.15, 0.2) is 0 Å². The summed E-state index contributed by atoms with van der Waals surface area (Å²) in [5.41, 5.74) is 3.88. The molecule has 1 heterocycles. The van der Waals surface area contributed by atoms with Gasteiger partial charge >= 0.3 is 0 Å². The molecule has 0 amide bonds. The van der Waals surface area contributed by atoms with Gasteiger partial charge in [-0.05, 0) is 62.0 Å². The number of rotatable bonds is 11. The van der Waals surface area contributed by atoms with Gasteiger partial charge in [0.25, 0.3) is 0 Å². The van der Waals surface area contributed by atoms with E-state index in [1.54, 1.807) is 0 Å². The first-order chi connectivity index (χ1) is 15.9. The molecule has 3 aromatic rings. The molecule has 1 aliphatic heterocycles. The van der Waals surface area contributed by atoms with Crippen molar-refractivity contribution in [3.05, 3.63) is 108 Å². The molecule has 1 N–H and O–H groups in total. The van der Waals surface area contributed by atoms with E-state index in [-0.39, 0.29) is 6.10 Å². The molecule has 168 valence electrons. The maximum atomic E-state index is 6.41. The van der Waals surface area contributed by atoms with Crippen molar-refractivity contribution in [2.75, 3.05) is 32.8 Å². The molecule has 4 rings (SSSR count). The Kier molecular flexibility index (Phi) is 8.91. The van der Waals surface area contributed by atoms with Crippen LogP contribution in [-0.4, -0.2) is 43.7 Å². The zero-order valence-electron chi connectivity index (χ0n) is 19.0. The molecule has 0 spiro atoms. The third-order valence-electron chi connectivity index (χ3n) is 6.40. The third kappa shape index (κ3) is 7.03. The van der Waals surface area contributed by atoms with Gasteiger partial charge in [0.2, 0.25) is 0 Å². The summed E-state index contributed by atoms with van der Waals surface area (Å²) in [7, 11) is 0. The van der Waals surface area contributed by atoms with E-state index in [0.717, 1.165) is 39.2 Å². The predicted molar refractivity (Wildman–Crippen MR) is 133 cm³/mol. The zero-order chi connectivity index (χ0) is 21.8. The van der Waals surface area contributed by atoms with Crippen molar-refractivity contribution in [2.24, 2.45) is 0 Å². The van der Waals surface area contributed by atoms with E-state index >= 15 is 0 Å². The lowest BCUT2D eigenvalue weighted by atomic mass is 10.0. The molecular weight excluding hydrogens is 392 g/mol. The average molecular weight is 429 g/mol. The maximum Gasteiger partial charge on any atom is 0.108 e. The molecular formula is C29H36N2O. The quantitative estimate of drug-likeness (QED) is 0.409. The second kappa shape index (κ2) is 12.5. The van der Waals surface area contributed by atoms with E-state index in [9.17, 15) is 0 Å². The summed E-state index contributed by atoms with van der Waals surface area (Å²) in [6.07, 6.45) is 4.83. The van der Waals surface area contributed by atoms with Gasteiger partial charge < -0.3 is 15.0 Å². The molecule has 1 fully saturated rings. The van der Waals surface area contributed by atoms with Crippen LogP contribution in [0.3, 0.4) is 0 Å². The fourth-order valence-corrected chi connectivity index (χ4v) is 4.54. The van der Waals surface area contributed by atoms with Crippen LogP contribution < -0.4 is 5.32 Å². The van der Waals surface area contributed by atoms with Gasteiger partial charge in [-0.3, -0.25) is 0 Å². The molecule has 32 heavy (non-hydrogen) atoms. The van der Waals surface area contributed by atoms with Gasteiger partial charge in [-0.15, -0.1) is 0 Å². The zero-order valence-corrected chi connectivity index (χ0v) is 19.0. The summed E-state index contributed by atoms with van der Waals surface area (Å²) in [5, 5.41) is 3.77. The summed E-state index contributed by atoms with van der Waals surface area (Å²) in [6, 6.07) is 32.6. The van der Waals surface area contributed by atoms with Gasteiger partial charge in [0.05, 0.1) is 6.61 Å². The molecule has 0 aromatic heterocycles. The van der Waals surface area contributed by atoms with Gasteiger partial charge in [0, 0.05) is 12.6 Å². The van der Waals surface area contributed by atoms with Gasteiger partial charge in [-0.25, -0.2) is 0 Å². The molecule has 3 heteroatoms. The highest BCUT2D eigenvalue weighted by Gasteiger charge is 2.19. The fraction of sp³-hybridized carbons (Fsp3) is 0.379. The van der Waals surface area contributed by atoms with Crippen molar-refractivity contribution in [2.45, 2.75) is 37.8 Å². The van der Waals surface area contributed by atoms with E-state index in [4.69, 9.17) is 4.74 Å². The van der Waals surface area contributed by atoms with E-state index in [2.05, 4.69) is 101 Å². The van der Waals surface area contributed by atoms with Crippen LogP contribution in [-0.2, 0) is 11.2 Å². The lowest BCUT2D eigenvalue weighted by Gasteiger charge is -2.32. The fourth-order valence-electron chi connectivity index (χ4n) is 4.54. The van der Waals surface area contributed by atoms with Crippen LogP contribution in [0.2, 0.25) is 0 Å². The highest BCUT2D eigenvalue weighted by atomic mass is 16.5. The number of piperidine rings is 1. The number of nitrogens with one attached hydrogen (secondary N) is 1. The Balaban J connectivity index is 1.16. The average Bonchev–Trinajstić information content (AvgIpc) is 2.87. The van der Waals surface area contributed by atoms with Crippen molar-refractivity contribution in [1.82, 2.24) is 10.2 Å². The minimum atomic E-state index is 0.00113. The van der Waals surface area contributed by atoms with Crippen LogP contribution in [0, 0.1) is 0 Å². The van der Waals surface area contributed by atoms with Crippen LogP contribution in [0.15, 0.2) is 91.0 Å². The standard InChI is InChI=1S/C29H36N2O/c1-4-11-25(12-5-1)13-10-20-30-28-18-21-31(22-19-28)23-24-32-29(26-14-6-2-7-15-26)27-16-8-3-9-17-27/h1-9,11-12,14-17,28-30H,10,13,18-24H2. The summed E-state index contributed by atoms with van der Waals surface area (Å²) < 4.78 is 6.41. The summed E-state index contributed by atoms with van der Waals surface area (Å²) in [5.74, 6) is 0. The predicted octanol–water partition coefficient (Wildman–Crippen LogP) is 5.48. The first-order valence-corrected chi connectivity index (χ1v) is 12.1. The number of likely N-dealkylation sites (tertiary alicyclic amines) is 1. The topological polar surface area (TPSA) is 24.5 Å². The smallest absolute Gasteiger partial charge is 0.108 e. The highest BCUT2D eigenvalue weighted by Crippen LogP contribution is 2.25. The van der Waals surface area contributed by atoms with Crippen molar-refractivity contribution >= 4 is 0 Å². The van der Waals surface area contributed by atoms with Crippen LogP contribution in [0.25, 0.3) is 0 Å². The van der Waals surface area contributed by atoms with E-state index in [1.807, 2.05) is 0 Å². The monoisotopic (exact) mass is 428 g/mol. The summed E-state index contributed by atoms with van der Waals surface area (Å²) in [6.45, 7) is 5.17. The molecule has 3 nitrogen and oxygen atoms in total. The summed E-state index contributed by atoms with van der Waals surface area (Å²) >= 11 is 0. The van der Waals surface area contributed by atoms with Crippen LogP contribution in [0.1, 0.15) is 42.1 Å². The van der Waals surface area contributed by atoms with E-state index in [0.29, 0.717) is 6.04 Å². The molecule has 3 aromatic carbocycles. The Bertz CT molecular complexity index is 837. The Morgan fingerprint density at radius 1 is 0.781 bits per heavy atom. The number of aryl methyl sites for hydroxylation is 1. The molecule has 0 aliphatic carbocycles. The number of ether oxygens (including phenoxy) is 1. The molecule has 1 saturated heterocycles. The van der Waals surface area contributed by atoms with Crippen molar-refractivity contribution in [1.29, 1.82) is 0 Å². The molecule has 1 aliphatic rings. The first kappa shape index (κ1) is 22.7. The van der Waals surface area contributed by atoms with Crippen molar-refractivity contribution in [3.63, 3.8) is 0 Å². The Morgan fingerprint density at radius 2 is 1.34 bits per heavy atom. The number of benzene rings is 3. The SMILES string of the molecule is c1ccc(CCCNC2CCN(CCOC(c3ccccc3)c3ccccc3)CC2)cc1. The lowest BCUT2D eigenvalue weighted by Crippen LogP contribution is -2.43. The lowest BCUT2D eigenvalue weighted by molar-refractivity contribution is 0.0533. The Morgan fingerprint density at radius 3 is 1.94 bits per heavy atom. The minimum absolute atomic E-state index is 0.00113. The molecule has 0 bridgehead atoms. The van der Waals surface area contributed by atoms with Gasteiger partial charge in [-0.2, -0.15) is 0 Å². The van der Waals surface area contributed by atoms with Crippen molar-refractivity contribution < 1.29 is 4.74 Å². The van der Waals surface area contributed by atoms with Crippen LogP contribution in [0.4, 0.5) is 0 Å². The second-order valence-corrected chi connectivity index (χ2v) is 8.73. The number of hydrogen-bond acceptors (Lipinski definition) is 3. The summed E-state index contributed by atoms with van der Waals surface area (Å²) in [4.78, 5) is 2.55. The third-order valence-corrected chi connectivity index (χ3v) is 6.40. The van der Waals surface area contributed by atoms with E-state index in [1.165, 1.54) is 36.0 Å². The number of hydrogen-bond donors (Lipinski definition) is 1. The maximum absolute atomic E-state index is 6.41. The van der Waals surface area contributed by atoms with Crippen LogP contribution >= 0.6 is 0 Å². The first-order valence-electron chi connectivity index (χ1n) is 12.1. The highest BCUT2D eigenvalue weighted by molar-refractivity contribution is 5.29. The van der Waals surface area contributed by atoms with E-state index < -0.39 is 0 Å². The normalized spacial score (nSPS) is 15.3. The minimum Gasteiger partial charge on any atom is -0.367 e. The molecule has 0 saturated carbocycles. The van der Waals surface area contributed by atoms with Crippen LogP contribution in [0.5, 0.6) is 0 Å². The second-order valence-electron chi connectivity index (χ2n) is 8.73. The molecule has 0 unspecified atom stereocenters. The van der Waals surface area contributed by atoms with Gasteiger partial charge in [-0.1, -0.05) is 91.0 Å². The Labute approximate surface area is 193 Å². The molecule has 0 radical (unpaired) electrons. The molecule has 0 atom stereocenters. The number of nitrogens with zero attached hydrogens (tertiary/aromatic N) is 1. The van der Waals surface area contributed by atoms with Crippen molar-refractivity contribution in [3.8, 4) is 0 Å². The Hall–Kier alpha value is -2.46. The van der Waals surface area contributed by atoms with Gasteiger partial charge in [0.1, 0.15) is 6.10 Å². The largest absolute Gasteiger partial charge is 0.367 e.